The van der Waals surface area contributed by atoms with Crippen LogP contribution in [0, 0.1) is 0 Å². The third-order valence-electron chi connectivity index (χ3n) is 2.61. The Morgan fingerprint density at radius 1 is 1.28 bits per heavy atom. The first-order chi connectivity index (χ1) is 8.74. The lowest BCUT2D eigenvalue weighted by Crippen LogP contribution is -1.88. The van der Waals surface area contributed by atoms with Crippen molar-refractivity contribution in [2.45, 2.75) is 6.42 Å². The molecule has 0 bridgehead atoms. The van der Waals surface area contributed by atoms with Gasteiger partial charge in [0, 0.05) is 12.0 Å². The second-order valence-electron chi connectivity index (χ2n) is 3.83. The number of aromatic nitrogens is 4. The summed E-state index contributed by atoms with van der Waals surface area (Å²) in [6.45, 7) is 0. The quantitative estimate of drug-likeness (QED) is 0.841. The van der Waals surface area contributed by atoms with Crippen molar-refractivity contribution in [3.8, 4) is 0 Å². The van der Waals surface area contributed by atoms with Crippen LogP contribution in [-0.4, -0.2) is 19.9 Å². The molecule has 0 unspecified atom stereocenters. The van der Waals surface area contributed by atoms with Gasteiger partial charge in [-0.3, -0.25) is 0 Å². The van der Waals surface area contributed by atoms with Gasteiger partial charge in [0.15, 0.2) is 11.5 Å². The summed E-state index contributed by atoms with van der Waals surface area (Å²) in [5.41, 5.74) is 1.72. The number of imidazole rings is 1. The first-order valence-electron chi connectivity index (χ1n) is 5.31. The molecule has 0 amide bonds. The molecule has 1 N–H and O–H groups in total. The van der Waals surface area contributed by atoms with Crippen molar-refractivity contribution in [1.82, 2.24) is 19.9 Å². The van der Waals surface area contributed by atoms with E-state index in [1.165, 1.54) is 12.4 Å². The van der Waals surface area contributed by atoms with E-state index in [1.807, 2.05) is 0 Å². The fourth-order valence-corrected chi connectivity index (χ4v) is 1.73. The fraction of sp³-hybridized carbons (Fsp3) is 0.0833. The molecule has 6 heteroatoms. The lowest BCUT2D eigenvalue weighted by Gasteiger charge is -1.99. The molecule has 0 fully saturated rings. The largest absolute Gasteiger partial charge is 0.336 e. The summed E-state index contributed by atoms with van der Waals surface area (Å²) in [6.07, 6.45) is 7.00. The average Bonchev–Trinajstić information content (AvgIpc) is 2.73. The molecule has 0 saturated carbocycles. The topological polar surface area (TPSA) is 54.5 Å². The van der Waals surface area contributed by atoms with Crippen molar-refractivity contribution in [2.75, 3.05) is 0 Å². The number of H-pyrrole nitrogens is 1. The Kier molecular flexibility index (Phi) is 2.47. The van der Waals surface area contributed by atoms with Gasteiger partial charge in [-0.15, -0.1) is 0 Å². The predicted molar refractivity (Wildman–Crippen MR) is 62.7 cm³/mol. The van der Waals surface area contributed by atoms with Gasteiger partial charge in [0.1, 0.15) is 23.5 Å². The van der Waals surface area contributed by atoms with Crippen LogP contribution in [0.15, 0.2) is 42.4 Å². The van der Waals surface area contributed by atoms with Crippen molar-refractivity contribution in [2.24, 2.45) is 0 Å². The van der Waals surface area contributed by atoms with Crippen molar-refractivity contribution < 1.29 is 8.78 Å². The van der Waals surface area contributed by atoms with E-state index in [9.17, 15) is 8.78 Å². The van der Waals surface area contributed by atoms with E-state index in [0.717, 1.165) is 6.08 Å². The van der Waals surface area contributed by atoms with Crippen LogP contribution in [0.5, 0.6) is 0 Å². The van der Waals surface area contributed by atoms with Gasteiger partial charge < -0.3 is 4.98 Å². The molecule has 2 aromatic rings. The highest BCUT2D eigenvalue weighted by Gasteiger charge is 2.14. The Morgan fingerprint density at radius 2 is 2.17 bits per heavy atom. The SMILES string of the molecule is FC1=C(F)CC(c2nc3ncncc3[nH]2)=CC=C1. The molecule has 0 atom stereocenters. The molecule has 1 aliphatic carbocycles. The van der Waals surface area contributed by atoms with E-state index in [4.69, 9.17) is 0 Å². The Bertz CT molecular complexity index is 664. The number of fused-ring (bicyclic) bond motifs is 1. The van der Waals surface area contributed by atoms with E-state index in [-0.39, 0.29) is 6.42 Å². The molecule has 0 aromatic carbocycles. The second-order valence-corrected chi connectivity index (χ2v) is 3.83. The molecule has 4 nitrogen and oxygen atoms in total. The van der Waals surface area contributed by atoms with E-state index >= 15 is 0 Å². The van der Waals surface area contributed by atoms with E-state index in [2.05, 4.69) is 19.9 Å². The van der Waals surface area contributed by atoms with Crippen LogP contribution in [-0.2, 0) is 0 Å². The van der Waals surface area contributed by atoms with Crippen molar-refractivity contribution in [3.05, 3.63) is 48.2 Å². The highest BCUT2D eigenvalue weighted by Crippen LogP contribution is 2.27. The highest BCUT2D eigenvalue weighted by atomic mass is 19.2. The number of allylic oxidation sites excluding steroid dienone is 6. The van der Waals surface area contributed by atoms with Crippen molar-refractivity contribution in [1.29, 1.82) is 0 Å². The predicted octanol–water partition coefficient (Wildman–Crippen LogP) is 2.85. The van der Waals surface area contributed by atoms with Crippen molar-refractivity contribution in [3.63, 3.8) is 0 Å². The van der Waals surface area contributed by atoms with Gasteiger partial charge in [-0.05, 0) is 6.08 Å². The van der Waals surface area contributed by atoms with Crippen LogP contribution in [0.1, 0.15) is 12.2 Å². The third-order valence-corrected chi connectivity index (χ3v) is 2.61. The number of hydrogen-bond donors (Lipinski definition) is 1. The Balaban J connectivity index is 2.05. The molecule has 0 saturated heterocycles. The summed E-state index contributed by atoms with van der Waals surface area (Å²) in [4.78, 5) is 15.0. The van der Waals surface area contributed by atoms with E-state index in [0.29, 0.717) is 22.6 Å². The molecule has 2 heterocycles. The number of rotatable bonds is 1. The molecular weight excluding hydrogens is 238 g/mol. The number of aromatic amines is 1. The molecular formula is C12H8F2N4. The average molecular weight is 246 g/mol. The first kappa shape index (κ1) is 10.8. The Morgan fingerprint density at radius 3 is 3.00 bits per heavy atom. The van der Waals surface area contributed by atoms with Crippen LogP contribution in [0.3, 0.4) is 0 Å². The molecule has 90 valence electrons. The smallest absolute Gasteiger partial charge is 0.181 e. The maximum Gasteiger partial charge on any atom is 0.181 e. The normalized spacial score (nSPS) is 16.0. The van der Waals surface area contributed by atoms with Gasteiger partial charge in [-0.2, -0.15) is 0 Å². The first-order valence-corrected chi connectivity index (χ1v) is 5.31. The molecule has 0 spiro atoms. The van der Waals surface area contributed by atoms with Crippen LogP contribution >= 0.6 is 0 Å². The Labute approximate surface area is 101 Å². The summed E-state index contributed by atoms with van der Waals surface area (Å²) in [6, 6.07) is 0. The standard InChI is InChI=1S/C12H8F2N4/c13-8-3-1-2-7(4-9(8)14)11-17-10-5-15-6-16-12(10)18-11/h1-3,5-6H,4H2,(H,15,16,17,18). The molecule has 0 aliphatic heterocycles. The maximum atomic E-state index is 13.4. The number of hydrogen-bond acceptors (Lipinski definition) is 3. The minimum atomic E-state index is -0.850. The van der Waals surface area contributed by atoms with Crippen LogP contribution in [0.25, 0.3) is 16.7 Å². The van der Waals surface area contributed by atoms with Gasteiger partial charge in [0.25, 0.3) is 0 Å². The van der Waals surface area contributed by atoms with E-state index < -0.39 is 11.7 Å². The zero-order valence-electron chi connectivity index (χ0n) is 9.19. The van der Waals surface area contributed by atoms with Crippen LogP contribution in [0.4, 0.5) is 8.78 Å². The molecule has 1 aliphatic rings. The van der Waals surface area contributed by atoms with Gasteiger partial charge in [0.05, 0.1) is 6.20 Å². The lowest BCUT2D eigenvalue weighted by atomic mass is 10.1. The summed E-state index contributed by atoms with van der Waals surface area (Å²) >= 11 is 0. The second kappa shape index (κ2) is 4.14. The number of halogens is 2. The minimum absolute atomic E-state index is 0.133. The summed E-state index contributed by atoms with van der Waals surface area (Å²) in [5.74, 6) is -1.18. The third kappa shape index (κ3) is 1.81. The minimum Gasteiger partial charge on any atom is -0.336 e. The van der Waals surface area contributed by atoms with Gasteiger partial charge in [-0.25, -0.2) is 23.7 Å². The lowest BCUT2D eigenvalue weighted by molar-refractivity contribution is 0.544. The molecule has 18 heavy (non-hydrogen) atoms. The molecule has 3 rings (SSSR count). The van der Waals surface area contributed by atoms with Gasteiger partial charge >= 0.3 is 0 Å². The van der Waals surface area contributed by atoms with Gasteiger partial charge in [-0.1, -0.05) is 12.2 Å². The highest BCUT2D eigenvalue weighted by molar-refractivity contribution is 5.75. The monoisotopic (exact) mass is 246 g/mol. The van der Waals surface area contributed by atoms with Crippen LogP contribution < -0.4 is 0 Å². The fourth-order valence-electron chi connectivity index (χ4n) is 1.73. The number of nitrogens with one attached hydrogen (secondary N) is 1. The zero-order chi connectivity index (χ0) is 12.5. The van der Waals surface area contributed by atoms with Gasteiger partial charge in [0.2, 0.25) is 0 Å². The summed E-state index contributed by atoms with van der Waals surface area (Å²) in [5, 5.41) is 0. The number of nitrogens with zero attached hydrogens (tertiary/aromatic N) is 3. The summed E-state index contributed by atoms with van der Waals surface area (Å²) < 4.78 is 26.4. The van der Waals surface area contributed by atoms with E-state index in [1.54, 1.807) is 12.3 Å². The zero-order valence-corrected chi connectivity index (χ0v) is 9.19. The van der Waals surface area contributed by atoms with Crippen molar-refractivity contribution >= 4 is 16.7 Å². The maximum absolute atomic E-state index is 13.4. The molecule has 2 aromatic heterocycles. The Hall–Kier alpha value is -2.37. The molecule has 0 radical (unpaired) electrons. The summed E-state index contributed by atoms with van der Waals surface area (Å²) in [7, 11) is 0. The van der Waals surface area contributed by atoms with Crippen LogP contribution in [0.2, 0.25) is 0 Å².